The monoisotopic (exact) mass is 278 g/mol. The van der Waals surface area contributed by atoms with Crippen LogP contribution >= 0.6 is 0 Å². The highest BCUT2D eigenvalue weighted by Gasteiger charge is 1.95. The summed E-state index contributed by atoms with van der Waals surface area (Å²) in [6, 6.07) is 0. The van der Waals surface area contributed by atoms with Gasteiger partial charge in [0.15, 0.2) is 12.6 Å². The molecule has 4 nitrogen and oxygen atoms in total. The molecule has 0 aliphatic heterocycles. The van der Waals surface area contributed by atoms with Gasteiger partial charge in [0.1, 0.15) is 0 Å². The second-order valence-corrected chi connectivity index (χ2v) is 5.01. The molecule has 0 unspecified atom stereocenters. The SMILES string of the molecule is CCCCCCC(O)O.CCCCCCCC(O)O. The lowest BCUT2D eigenvalue weighted by Crippen LogP contribution is -2.02. The van der Waals surface area contributed by atoms with E-state index in [4.69, 9.17) is 20.4 Å². The summed E-state index contributed by atoms with van der Waals surface area (Å²) in [5.74, 6) is 0. The standard InChI is InChI=1S/C8H18O2.C7H16O2/c1-2-3-4-5-6-7-8(9)10;1-2-3-4-5-6-7(8)9/h8-10H,2-7H2,1H3;7-9H,2-6H2,1H3. The maximum absolute atomic E-state index is 8.46. The van der Waals surface area contributed by atoms with Gasteiger partial charge in [0.25, 0.3) is 0 Å². The molecule has 0 spiro atoms. The molecule has 4 heteroatoms. The van der Waals surface area contributed by atoms with E-state index in [2.05, 4.69) is 13.8 Å². The average Bonchev–Trinajstić information content (AvgIpc) is 2.35. The Labute approximate surface area is 118 Å². The molecular formula is C15H34O4. The summed E-state index contributed by atoms with van der Waals surface area (Å²) in [4.78, 5) is 0. The highest BCUT2D eigenvalue weighted by Crippen LogP contribution is 2.05. The fraction of sp³-hybridized carbons (Fsp3) is 1.00. The molecule has 0 aliphatic rings. The van der Waals surface area contributed by atoms with Crippen LogP contribution in [0.1, 0.15) is 84.5 Å². The third-order valence-electron chi connectivity index (χ3n) is 2.88. The molecule has 0 aromatic carbocycles. The molecular weight excluding hydrogens is 244 g/mol. The van der Waals surface area contributed by atoms with Crippen LogP contribution in [0.4, 0.5) is 0 Å². The third-order valence-corrected chi connectivity index (χ3v) is 2.88. The van der Waals surface area contributed by atoms with Crippen molar-refractivity contribution in [3.8, 4) is 0 Å². The van der Waals surface area contributed by atoms with Crippen LogP contribution in [0.3, 0.4) is 0 Å². The minimum Gasteiger partial charge on any atom is -0.368 e. The van der Waals surface area contributed by atoms with Gasteiger partial charge in [-0.05, 0) is 25.7 Å². The minimum absolute atomic E-state index is 0.528. The van der Waals surface area contributed by atoms with Crippen LogP contribution in [-0.2, 0) is 0 Å². The molecule has 19 heavy (non-hydrogen) atoms. The van der Waals surface area contributed by atoms with E-state index in [0.29, 0.717) is 12.8 Å². The number of rotatable bonds is 11. The summed E-state index contributed by atoms with van der Waals surface area (Å²) < 4.78 is 0. The van der Waals surface area contributed by atoms with Crippen LogP contribution in [0.25, 0.3) is 0 Å². The van der Waals surface area contributed by atoms with E-state index in [-0.39, 0.29) is 0 Å². The van der Waals surface area contributed by atoms with Gasteiger partial charge in [0.05, 0.1) is 0 Å². The van der Waals surface area contributed by atoms with Crippen LogP contribution in [0.2, 0.25) is 0 Å². The number of hydrogen-bond donors (Lipinski definition) is 4. The van der Waals surface area contributed by atoms with E-state index in [0.717, 1.165) is 25.7 Å². The summed E-state index contributed by atoms with van der Waals surface area (Å²) in [6.07, 6.45) is 9.12. The van der Waals surface area contributed by atoms with Gasteiger partial charge in [0.2, 0.25) is 0 Å². The molecule has 0 atom stereocenters. The molecule has 0 heterocycles. The van der Waals surface area contributed by atoms with E-state index in [9.17, 15) is 0 Å². The van der Waals surface area contributed by atoms with Crippen molar-refractivity contribution in [1.82, 2.24) is 0 Å². The van der Waals surface area contributed by atoms with Gasteiger partial charge in [-0.3, -0.25) is 0 Å². The van der Waals surface area contributed by atoms with Crippen molar-refractivity contribution in [1.29, 1.82) is 0 Å². The number of hydrogen-bond acceptors (Lipinski definition) is 4. The first-order valence-electron chi connectivity index (χ1n) is 7.76. The Hall–Kier alpha value is -0.160. The molecule has 0 radical (unpaired) electrons. The van der Waals surface area contributed by atoms with Crippen molar-refractivity contribution < 1.29 is 20.4 Å². The predicted molar refractivity (Wildman–Crippen MR) is 78.6 cm³/mol. The van der Waals surface area contributed by atoms with Gasteiger partial charge < -0.3 is 20.4 Å². The largest absolute Gasteiger partial charge is 0.368 e. The Morgan fingerprint density at radius 3 is 1.16 bits per heavy atom. The molecule has 0 saturated carbocycles. The van der Waals surface area contributed by atoms with Gasteiger partial charge in [-0.2, -0.15) is 0 Å². The minimum atomic E-state index is -1.10. The van der Waals surface area contributed by atoms with Crippen molar-refractivity contribution >= 4 is 0 Å². The fourth-order valence-corrected chi connectivity index (χ4v) is 1.68. The van der Waals surface area contributed by atoms with Crippen LogP contribution in [0.15, 0.2) is 0 Å². The van der Waals surface area contributed by atoms with Gasteiger partial charge in [-0.25, -0.2) is 0 Å². The Kier molecular flexibility index (Phi) is 19.9. The zero-order chi connectivity index (χ0) is 14.9. The van der Waals surface area contributed by atoms with Crippen molar-refractivity contribution in [2.75, 3.05) is 0 Å². The second kappa shape index (κ2) is 17.8. The van der Waals surface area contributed by atoms with Crippen LogP contribution in [0, 0.1) is 0 Å². The Morgan fingerprint density at radius 1 is 0.526 bits per heavy atom. The van der Waals surface area contributed by atoms with E-state index < -0.39 is 12.6 Å². The lowest BCUT2D eigenvalue weighted by molar-refractivity contribution is -0.0472. The van der Waals surface area contributed by atoms with Crippen molar-refractivity contribution in [3.63, 3.8) is 0 Å². The van der Waals surface area contributed by atoms with Crippen molar-refractivity contribution in [2.24, 2.45) is 0 Å². The normalized spacial score (nSPS) is 10.7. The lowest BCUT2D eigenvalue weighted by atomic mass is 10.1. The molecule has 0 saturated heterocycles. The Morgan fingerprint density at radius 2 is 0.842 bits per heavy atom. The second-order valence-electron chi connectivity index (χ2n) is 5.01. The van der Waals surface area contributed by atoms with Gasteiger partial charge in [-0.15, -0.1) is 0 Å². The zero-order valence-corrected chi connectivity index (χ0v) is 12.7. The molecule has 0 aromatic heterocycles. The van der Waals surface area contributed by atoms with Crippen molar-refractivity contribution in [3.05, 3.63) is 0 Å². The molecule has 0 bridgehead atoms. The first kappa shape index (κ1) is 21.1. The highest BCUT2D eigenvalue weighted by molar-refractivity contribution is 4.44. The van der Waals surface area contributed by atoms with Crippen LogP contribution in [-0.4, -0.2) is 33.0 Å². The summed E-state index contributed by atoms with van der Waals surface area (Å²) in [5, 5.41) is 33.7. The first-order valence-corrected chi connectivity index (χ1v) is 7.76. The maximum Gasteiger partial charge on any atom is 0.151 e. The zero-order valence-electron chi connectivity index (χ0n) is 12.7. The smallest absolute Gasteiger partial charge is 0.151 e. The lowest BCUT2D eigenvalue weighted by Gasteiger charge is -2.01. The van der Waals surface area contributed by atoms with E-state index in [1.165, 1.54) is 32.1 Å². The van der Waals surface area contributed by atoms with Gasteiger partial charge in [-0.1, -0.05) is 58.8 Å². The quantitative estimate of drug-likeness (QED) is 0.346. The highest BCUT2D eigenvalue weighted by atomic mass is 16.5. The summed E-state index contributed by atoms with van der Waals surface area (Å²) in [5.41, 5.74) is 0. The summed E-state index contributed by atoms with van der Waals surface area (Å²) >= 11 is 0. The average molecular weight is 278 g/mol. The van der Waals surface area contributed by atoms with Crippen molar-refractivity contribution in [2.45, 2.75) is 97.1 Å². The van der Waals surface area contributed by atoms with Gasteiger partial charge >= 0.3 is 0 Å². The molecule has 0 rings (SSSR count). The maximum atomic E-state index is 8.46. The number of aliphatic hydroxyl groups excluding tert-OH is 2. The molecule has 4 N–H and O–H groups in total. The predicted octanol–water partition coefficient (Wildman–Crippen LogP) is 2.93. The molecule has 0 amide bonds. The molecule has 0 aliphatic carbocycles. The summed E-state index contributed by atoms with van der Waals surface area (Å²) in [7, 11) is 0. The third kappa shape index (κ3) is 27.2. The Balaban J connectivity index is 0. The van der Waals surface area contributed by atoms with E-state index in [1.807, 2.05) is 0 Å². The Bertz CT molecular complexity index is 149. The molecule has 118 valence electrons. The van der Waals surface area contributed by atoms with Gasteiger partial charge in [0, 0.05) is 0 Å². The molecule has 0 aromatic rings. The van der Waals surface area contributed by atoms with Crippen LogP contribution < -0.4 is 0 Å². The topological polar surface area (TPSA) is 80.9 Å². The fourth-order valence-electron chi connectivity index (χ4n) is 1.68. The van der Waals surface area contributed by atoms with E-state index in [1.54, 1.807) is 0 Å². The molecule has 0 fully saturated rings. The first-order chi connectivity index (χ1) is 9.04. The van der Waals surface area contributed by atoms with E-state index >= 15 is 0 Å². The number of aliphatic hydroxyl groups is 4. The summed E-state index contributed by atoms with van der Waals surface area (Å²) in [6.45, 7) is 4.30. The number of unbranched alkanes of at least 4 members (excludes halogenated alkanes) is 7. The van der Waals surface area contributed by atoms with Crippen LogP contribution in [0.5, 0.6) is 0 Å².